The molecule has 0 bridgehead atoms. The summed E-state index contributed by atoms with van der Waals surface area (Å²) in [6.07, 6.45) is 6.10. The minimum atomic E-state index is 0.499. The lowest BCUT2D eigenvalue weighted by Gasteiger charge is -2.20. The molecule has 1 aliphatic carbocycles. The molecule has 2 atom stereocenters. The molecule has 0 amide bonds. The normalized spacial score (nSPS) is 38.3. The van der Waals surface area contributed by atoms with Gasteiger partial charge in [-0.05, 0) is 37.6 Å². The van der Waals surface area contributed by atoms with Crippen LogP contribution in [-0.4, -0.2) is 25.3 Å². The fourth-order valence-corrected chi connectivity index (χ4v) is 2.50. The van der Waals surface area contributed by atoms with E-state index in [-0.39, 0.29) is 0 Å². The molecule has 2 heteroatoms. The standard InChI is InChI=1S/C11H21NO/c1-11(2)5-3-9(7-11)13-10-4-6-12-8-10/h9-10,12H,3-8H2,1-2H3. The number of ether oxygens (including phenoxy) is 1. The van der Waals surface area contributed by atoms with Crippen molar-refractivity contribution in [3.63, 3.8) is 0 Å². The van der Waals surface area contributed by atoms with Crippen molar-refractivity contribution >= 4 is 0 Å². The largest absolute Gasteiger partial charge is 0.374 e. The van der Waals surface area contributed by atoms with E-state index >= 15 is 0 Å². The first kappa shape index (κ1) is 9.47. The van der Waals surface area contributed by atoms with Crippen LogP contribution < -0.4 is 5.32 Å². The second-order valence-corrected chi connectivity index (χ2v) is 5.28. The average Bonchev–Trinajstić information content (AvgIpc) is 2.61. The highest BCUT2D eigenvalue weighted by Gasteiger charge is 2.33. The highest BCUT2D eigenvalue weighted by atomic mass is 16.5. The van der Waals surface area contributed by atoms with Gasteiger partial charge in [-0.2, -0.15) is 0 Å². The van der Waals surface area contributed by atoms with Gasteiger partial charge in [0, 0.05) is 6.54 Å². The second kappa shape index (κ2) is 3.58. The van der Waals surface area contributed by atoms with E-state index in [4.69, 9.17) is 4.74 Å². The van der Waals surface area contributed by atoms with Crippen LogP contribution in [0.1, 0.15) is 39.5 Å². The van der Waals surface area contributed by atoms with Crippen LogP contribution in [0.3, 0.4) is 0 Å². The highest BCUT2D eigenvalue weighted by Crippen LogP contribution is 2.39. The highest BCUT2D eigenvalue weighted by molar-refractivity contribution is 4.84. The molecule has 13 heavy (non-hydrogen) atoms. The van der Waals surface area contributed by atoms with Gasteiger partial charge in [0.2, 0.25) is 0 Å². The third-order valence-corrected chi connectivity index (χ3v) is 3.32. The summed E-state index contributed by atoms with van der Waals surface area (Å²) in [6.45, 7) is 6.91. The molecule has 2 nitrogen and oxygen atoms in total. The number of hydrogen-bond acceptors (Lipinski definition) is 2. The first-order valence-electron chi connectivity index (χ1n) is 5.52. The van der Waals surface area contributed by atoms with Gasteiger partial charge in [-0.3, -0.25) is 0 Å². The van der Waals surface area contributed by atoms with Gasteiger partial charge in [-0.15, -0.1) is 0 Å². The summed E-state index contributed by atoms with van der Waals surface area (Å²) in [5.41, 5.74) is 0.525. The minimum absolute atomic E-state index is 0.499. The third kappa shape index (κ3) is 2.44. The Balaban J connectivity index is 1.77. The number of nitrogens with one attached hydrogen (secondary N) is 1. The van der Waals surface area contributed by atoms with Crippen LogP contribution >= 0.6 is 0 Å². The SMILES string of the molecule is CC1(C)CCC(OC2CCNC2)C1. The van der Waals surface area contributed by atoms with Gasteiger partial charge >= 0.3 is 0 Å². The summed E-state index contributed by atoms with van der Waals surface area (Å²) in [6, 6.07) is 0. The molecular weight excluding hydrogens is 162 g/mol. The van der Waals surface area contributed by atoms with Crippen molar-refractivity contribution in [2.75, 3.05) is 13.1 Å². The van der Waals surface area contributed by atoms with E-state index in [1.165, 1.54) is 25.7 Å². The maximum Gasteiger partial charge on any atom is 0.0715 e. The third-order valence-electron chi connectivity index (χ3n) is 3.32. The van der Waals surface area contributed by atoms with Crippen molar-refractivity contribution in [1.29, 1.82) is 0 Å². The predicted octanol–water partition coefficient (Wildman–Crippen LogP) is 1.94. The van der Waals surface area contributed by atoms with Gasteiger partial charge in [0.15, 0.2) is 0 Å². The van der Waals surface area contributed by atoms with E-state index in [9.17, 15) is 0 Å². The molecule has 2 unspecified atom stereocenters. The fourth-order valence-electron chi connectivity index (χ4n) is 2.50. The predicted molar refractivity (Wildman–Crippen MR) is 53.8 cm³/mol. The molecule has 2 fully saturated rings. The van der Waals surface area contributed by atoms with Crippen molar-refractivity contribution < 1.29 is 4.74 Å². The van der Waals surface area contributed by atoms with Gasteiger partial charge in [0.25, 0.3) is 0 Å². The zero-order chi connectivity index (χ0) is 9.31. The van der Waals surface area contributed by atoms with Gasteiger partial charge < -0.3 is 10.1 Å². The molecule has 0 spiro atoms. The zero-order valence-electron chi connectivity index (χ0n) is 8.81. The van der Waals surface area contributed by atoms with Crippen molar-refractivity contribution in [2.45, 2.75) is 51.7 Å². The molecule has 1 heterocycles. The van der Waals surface area contributed by atoms with Gasteiger partial charge in [-0.1, -0.05) is 13.8 Å². The molecule has 0 radical (unpaired) electrons. The monoisotopic (exact) mass is 183 g/mol. The topological polar surface area (TPSA) is 21.3 Å². The number of rotatable bonds is 2. The van der Waals surface area contributed by atoms with Crippen LogP contribution in [0, 0.1) is 5.41 Å². The molecule has 1 N–H and O–H groups in total. The Kier molecular flexibility index (Phi) is 2.61. The summed E-state index contributed by atoms with van der Waals surface area (Å²) < 4.78 is 6.05. The molecule has 0 aromatic carbocycles. The minimum Gasteiger partial charge on any atom is -0.374 e. The van der Waals surface area contributed by atoms with Crippen LogP contribution in [0.2, 0.25) is 0 Å². The van der Waals surface area contributed by atoms with E-state index in [0.717, 1.165) is 13.1 Å². The Morgan fingerprint density at radius 1 is 1.23 bits per heavy atom. The Hall–Kier alpha value is -0.0800. The molecule has 2 aliphatic rings. The Labute approximate surface area is 81.0 Å². The summed E-state index contributed by atoms with van der Waals surface area (Å²) in [5, 5.41) is 3.34. The molecule has 2 rings (SSSR count). The van der Waals surface area contributed by atoms with Crippen molar-refractivity contribution in [3.05, 3.63) is 0 Å². The molecule has 0 aromatic rings. The van der Waals surface area contributed by atoms with Crippen LogP contribution in [0.4, 0.5) is 0 Å². The summed E-state index contributed by atoms with van der Waals surface area (Å²) in [7, 11) is 0. The molecule has 1 saturated heterocycles. The van der Waals surface area contributed by atoms with Crippen molar-refractivity contribution in [3.8, 4) is 0 Å². The lowest BCUT2D eigenvalue weighted by molar-refractivity contribution is -0.00154. The van der Waals surface area contributed by atoms with Crippen LogP contribution in [0.15, 0.2) is 0 Å². The number of hydrogen-bond donors (Lipinski definition) is 1. The Morgan fingerprint density at radius 2 is 2.08 bits per heavy atom. The van der Waals surface area contributed by atoms with E-state index in [1.807, 2.05) is 0 Å². The van der Waals surface area contributed by atoms with Crippen molar-refractivity contribution in [1.82, 2.24) is 5.32 Å². The zero-order valence-corrected chi connectivity index (χ0v) is 8.81. The van der Waals surface area contributed by atoms with Gasteiger partial charge in [0.05, 0.1) is 12.2 Å². The smallest absolute Gasteiger partial charge is 0.0715 e. The van der Waals surface area contributed by atoms with Crippen LogP contribution in [0.5, 0.6) is 0 Å². The van der Waals surface area contributed by atoms with Crippen LogP contribution in [-0.2, 0) is 4.74 Å². The van der Waals surface area contributed by atoms with E-state index in [0.29, 0.717) is 17.6 Å². The van der Waals surface area contributed by atoms with Gasteiger partial charge in [-0.25, -0.2) is 0 Å². The van der Waals surface area contributed by atoms with E-state index in [1.54, 1.807) is 0 Å². The summed E-state index contributed by atoms with van der Waals surface area (Å²) in [5.74, 6) is 0. The molecule has 76 valence electrons. The Bertz CT molecular complexity index is 173. The Morgan fingerprint density at radius 3 is 2.62 bits per heavy atom. The van der Waals surface area contributed by atoms with Crippen molar-refractivity contribution in [2.24, 2.45) is 5.41 Å². The maximum atomic E-state index is 6.05. The van der Waals surface area contributed by atoms with E-state index < -0.39 is 0 Å². The summed E-state index contributed by atoms with van der Waals surface area (Å²) in [4.78, 5) is 0. The second-order valence-electron chi connectivity index (χ2n) is 5.28. The van der Waals surface area contributed by atoms with Crippen LogP contribution in [0.25, 0.3) is 0 Å². The lowest BCUT2D eigenvalue weighted by Crippen LogP contribution is -2.23. The molecular formula is C11H21NO. The van der Waals surface area contributed by atoms with E-state index in [2.05, 4.69) is 19.2 Å². The first-order chi connectivity index (χ1) is 6.16. The quantitative estimate of drug-likeness (QED) is 0.706. The summed E-state index contributed by atoms with van der Waals surface area (Å²) >= 11 is 0. The lowest BCUT2D eigenvalue weighted by atomic mass is 9.92. The average molecular weight is 183 g/mol. The van der Waals surface area contributed by atoms with Gasteiger partial charge in [0.1, 0.15) is 0 Å². The fraction of sp³-hybridized carbons (Fsp3) is 1.00. The molecule has 0 aromatic heterocycles. The first-order valence-corrected chi connectivity index (χ1v) is 5.52. The molecule has 1 saturated carbocycles. The maximum absolute atomic E-state index is 6.05. The molecule has 1 aliphatic heterocycles.